The first-order valence-electron chi connectivity index (χ1n) is 4.66. The minimum Gasteiger partial charge on any atom is -0.321 e. The molecule has 1 aromatic carbocycles. The molecule has 0 amide bonds. The second-order valence-electron chi connectivity index (χ2n) is 4.04. The van der Waals surface area contributed by atoms with Gasteiger partial charge < -0.3 is 5.73 Å². The molecule has 0 heterocycles. The lowest BCUT2D eigenvalue weighted by atomic mass is 9.88. The Morgan fingerprint density at radius 2 is 2.00 bits per heavy atom. The number of benzene rings is 1. The highest BCUT2D eigenvalue weighted by Crippen LogP contribution is 2.45. The van der Waals surface area contributed by atoms with Crippen molar-refractivity contribution in [1.29, 1.82) is 0 Å². The smallest absolute Gasteiger partial charge is 0.0420 e. The highest BCUT2D eigenvalue weighted by molar-refractivity contribution is 9.10. The van der Waals surface area contributed by atoms with Crippen LogP contribution < -0.4 is 5.73 Å². The molecule has 0 spiro atoms. The zero-order valence-corrected chi connectivity index (χ0v) is 9.34. The fourth-order valence-corrected chi connectivity index (χ4v) is 2.51. The summed E-state index contributed by atoms with van der Waals surface area (Å²) in [6.07, 6.45) is 2.54. The van der Waals surface area contributed by atoms with E-state index >= 15 is 0 Å². The summed E-state index contributed by atoms with van der Waals surface area (Å²) in [6.45, 7) is 2.13. The van der Waals surface area contributed by atoms with Crippen LogP contribution in [0.5, 0.6) is 0 Å². The first kappa shape index (κ1) is 9.22. The molecule has 0 aromatic heterocycles. The third-order valence-corrected chi connectivity index (χ3v) is 3.57. The molecule has 0 radical (unpaired) electrons. The fourth-order valence-electron chi connectivity index (χ4n) is 1.80. The van der Waals surface area contributed by atoms with E-state index in [-0.39, 0.29) is 5.54 Å². The van der Waals surface area contributed by atoms with Crippen LogP contribution in [-0.2, 0) is 5.54 Å². The molecule has 1 fully saturated rings. The van der Waals surface area contributed by atoms with Gasteiger partial charge in [-0.3, -0.25) is 0 Å². The topological polar surface area (TPSA) is 26.0 Å². The third kappa shape index (κ3) is 1.65. The van der Waals surface area contributed by atoms with Gasteiger partial charge in [0.15, 0.2) is 0 Å². The minimum absolute atomic E-state index is 0.153. The maximum absolute atomic E-state index is 6.31. The lowest BCUT2D eigenvalue weighted by molar-refractivity contribution is 0.425. The molecular formula is C11H14BrN. The Morgan fingerprint density at radius 3 is 2.54 bits per heavy atom. The molecule has 70 valence electrons. The first-order chi connectivity index (χ1) is 6.12. The summed E-state index contributed by atoms with van der Waals surface area (Å²) >= 11 is 3.55. The Bertz CT molecular complexity index is 316. The van der Waals surface area contributed by atoms with E-state index in [9.17, 15) is 0 Å². The molecule has 1 nitrogen and oxygen atoms in total. The molecule has 1 saturated carbocycles. The van der Waals surface area contributed by atoms with Crippen LogP contribution in [0.15, 0.2) is 28.7 Å². The maximum atomic E-state index is 6.31. The average Bonchev–Trinajstić information content (AvgIpc) is 2.86. The second kappa shape index (κ2) is 3.10. The molecule has 1 aromatic rings. The summed E-state index contributed by atoms with van der Waals surface area (Å²) in [6, 6.07) is 8.25. The summed E-state index contributed by atoms with van der Waals surface area (Å²) in [5.41, 5.74) is 7.40. The quantitative estimate of drug-likeness (QED) is 0.844. The highest BCUT2D eigenvalue weighted by Gasteiger charge is 2.40. The molecule has 1 atom stereocenters. The van der Waals surface area contributed by atoms with Crippen LogP contribution in [0.4, 0.5) is 0 Å². The SMILES string of the molecule is CC(N)(c1ccccc1Br)C1CC1. The van der Waals surface area contributed by atoms with Gasteiger partial charge in [-0.25, -0.2) is 0 Å². The van der Waals surface area contributed by atoms with Gasteiger partial charge in [-0.2, -0.15) is 0 Å². The Morgan fingerprint density at radius 1 is 1.38 bits per heavy atom. The predicted octanol–water partition coefficient (Wildman–Crippen LogP) is 3.03. The number of rotatable bonds is 2. The summed E-state index contributed by atoms with van der Waals surface area (Å²) in [5, 5.41) is 0. The average molecular weight is 240 g/mol. The van der Waals surface area contributed by atoms with Crippen molar-refractivity contribution in [2.24, 2.45) is 11.7 Å². The van der Waals surface area contributed by atoms with Crippen molar-refractivity contribution < 1.29 is 0 Å². The van der Waals surface area contributed by atoms with Crippen molar-refractivity contribution in [2.75, 3.05) is 0 Å². The van der Waals surface area contributed by atoms with Crippen LogP contribution in [0.3, 0.4) is 0 Å². The Balaban J connectivity index is 2.38. The lowest BCUT2D eigenvalue weighted by Gasteiger charge is -2.26. The van der Waals surface area contributed by atoms with E-state index in [1.54, 1.807) is 0 Å². The van der Waals surface area contributed by atoms with Crippen molar-refractivity contribution in [3.05, 3.63) is 34.3 Å². The standard InChI is InChI=1S/C11H14BrN/c1-11(13,8-6-7-8)9-4-2-3-5-10(9)12/h2-5,8H,6-7,13H2,1H3. The van der Waals surface area contributed by atoms with E-state index in [0.717, 1.165) is 4.47 Å². The summed E-state index contributed by atoms with van der Waals surface area (Å²) in [4.78, 5) is 0. The number of halogens is 1. The minimum atomic E-state index is -0.153. The molecule has 2 heteroatoms. The van der Waals surface area contributed by atoms with Crippen LogP contribution in [0.1, 0.15) is 25.3 Å². The monoisotopic (exact) mass is 239 g/mol. The molecule has 13 heavy (non-hydrogen) atoms. The molecule has 0 aliphatic heterocycles. The van der Waals surface area contributed by atoms with Gasteiger partial charge in [0.05, 0.1) is 0 Å². The molecule has 1 aliphatic carbocycles. The van der Waals surface area contributed by atoms with E-state index in [0.29, 0.717) is 5.92 Å². The van der Waals surface area contributed by atoms with Crippen LogP contribution in [0.25, 0.3) is 0 Å². The lowest BCUT2D eigenvalue weighted by Crippen LogP contribution is -2.35. The number of nitrogens with two attached hydrogens (primary N) is 1. The van der Waals surface area contributed by atoms with Crippen molar-refractivity contribution in [3.8, 4) is 0 Å². The first-order valence-corrected chi connectivity index (χ1v) is 5.45. The molecule has 0 saturated heterocycles. The summed E-state index contributed by atoms with van der Waals surface area (Å²) < 4.78 is 1.13. The Hall–Kier alpha value is -0.340. The zero-order chi connectivity index (χ0) is 9.47. The van der Waals surface area contributed by atoms with Crippen molar-refractivity contribution >= 4 is 15.9 Å². The fraction of sp³-hybridized carbons (Fsp3) is 0.455. The van der Waals surface area contributed by atoms with Gasteiger partial charge in [-0.1, -0.05) is 34.1 Å². The Kier molecular flexibility index (Phi) is 2.20. The Labute approximate surface area is 87.5 Å². The predicted molar refractivity (Wildman–Crippen MR) is 58.4 cm³/mol. The molecule has 1 aliphatic rings. The van der Waals surface area contributed by atoms with E-state index < -0.39 is 0 Å². The van der Waals surface area contributed by atoms with Crippen LogP contribution in [0.2, 0.25) is 0 Å². The van der Waals surface area contributed by atoms with Crippen LogP contribution >= 0.6 is 15.9 Å². The van der Waals surface area contributed by atoms with Gasteiger partial charge in [0.2, 0.25) is 0 Å². The van der Waals surface area contributed by atoms with E-state index in [4.69, 9.17) is 5.73 Å². The molecule has 0 bridgehead atoms. The molecule has 2 N–H and O–H groups in total. The second-order valence-corrected chi connectivity index (χ2v) is 4.89. The largest absolute Gasteiger partial charge is 0.321 e. The van der Waals surface area contributed by atoms with Crippen molar-refractivity contribution in [1.82, 2.24) is 0 Å². The van der Waals surface area contributed by atoms with Gasteiger partial charge in [0.25, 0.3) is 0 Å². The number of hydrogen-bond acceptors (Lipinski definition) is 1. The van der Waals surface area contributed by atoms with E-state index in [2.05, 4.69) is 35.0 Å². The van der Waals surface area contributed by atoms with Gasteiger partial charge in [0.1, 0.15) is 0 Å². The van der Waals surface area contributed by atoms with E-state index in [1.807, 2.05) is 12.1 Å². The third-order valence-electron chi connectivity index (χ3n) is 2.88. The summed E-state index contributed by atoms with van der Waals surface area (Å²) in [5.74, 6) is 0.672. The normalized spacial score (nSPS) is 21.2. The van der Waals surface area contributed by atoms with Gasteiger partial charge in [-0.15, -0.1) is 0 Å². The van der Waals surface area contributed by atoms with E-state index in [1.165, 1.54) is 18.4 Å². The highest BCUT2D eigenvalue weighted by atomic mass is 79.9. The number of hydrogen-bond donors (Lipinski definition) is 1. The molecular weight excluding hydrogens is 226 g/mol. The van der Waals surface area contributed by atoms with Gasteiger partial charge >= 0.3 is 0 Å². The maximum Gasteiger partial charge on any atom is 0.0420 e. The van der Waals surface area contributed by atoms with Crippen molar-refractivity contribution in [3.63, 3.8) is 0 Å². The molecule has 1 unspecified atom stereocenters. The molecule has 2 rings (SSSR count). The van der Waals surface area contributed by atoms with Crippen LogP contribution in [0, 0.1) is 5.92 Å². The van der Waals surface area contributed by atoms with Crippen molar-refractivity contribution in [2.45, 2.75) is 25.3 Å². The van der Waals surface area contributed by atoms with Gasteiger partial charge in [-0.05, 0) is 37.3 Å². The zero-order valence-electron chi connectivity index (χ0n) is 7.76. The van der Waals surface area contributed by atoms with Crippen LogP contribution in [-0.4, -0.2) is 0 Å². The van der Waals surface area contributed by atoms with Gasteiger partial charge in [0, 0.05) is 10.0 Å². The summed E-state index contributed by atoms with van der Waals surface area (Å²) in [7, 11) is 0.